The van der Waals surface area contributed by atoms with Gasteiger partial charge in [-0.25, -0.2) is 0 Å². The van der Waals surface area contributed by atoms with Crippen molar-refractivity contribution in [3.63, 3.8) is 0 Å². The molecule has 34 valence electrons. The highest BCUT2D eigenvalue weighted by Crippen LogP contribution is 1.83. The predicted molar refractivity (Wildman–Crippen MR) is 17.9 cm³/mol. The van der Waals surface area contributed by atoms with Crippen molar-refractivity contribution in [3.05, 3.63) is 12.1 Å². The first-order valence-electron chi connectivity index (χ1n) is 1.26. The van der Waals surface area contributed by atoms with E-state index in [1.165, 1.54) is 0 Å². The largest absolute Gasteiger partial charge is 0.512 e. The molecule has 0 fully saturated rings. The highest BCUT2D eigenvalue weighted by molar-refractivity contribution is 5.68. The van der Waals surface area contributed by atoms with E-state index in [2.05, 4.69) is 0 Å². The topological polar surface area (TPSA) is 37.3 Å². The molecule has 0 aliphatic rings. The molecule has 0 rings (SSSR count). The first kappa shape index (κ1) is 5.14. The summed E-state index contributed by atoms with van der Waals surface area (Å²) in [7, 11) is 0. The second-order valence-corrected chi connectivity index (χ2v) is 0.632. The molecule has 0 saturated carbocycles. The molecule has 3 heteroatoms. The van der Waals surface area contributed by atoms with Crippen molar-refractivity contribution in [3.8, 4) is 0 Å². The lowest BCUT2D eigenvalue weighted by Crippen LogP contribution is -1.69. The number of carbonyl (C=O) groups excluding carboxylic acids is 1. The fraction of sp³-hybridized carbons (Fsp3) is 0. The molecule has 1 N–H and O–H groups in total. The second-order valence-electron chi connectivity index (χ2n) is 0.632. The minimum Gasteiger partial charge on any atom is -0.512 e. The maximum atomic E-state index is 11.1. The van der Waals surface area contributed by atoms with Crippen LogP contribution >= 0.6 is 0 Å². The van der Waals surface area contributed by atoms with Crippen molar-refractivity contribution in [2.24, 2.45) is 0 Å². The summed E-state index contributed by atoms with van der Waals surface area (Å²) in [5.41, 5.74) is 0. The third-order valence-electron chi connectivity index (χ3n) is 0.236. The molecule has 0 aromatic heterocycles. The van der Waals surface area contributed by atoms with Gasteiger partial charge in [-0.3, -0.25) is 4.79 Å². The maximum Gasteiger partial charge on any atom is 0.196 e. The van der Waals surface area contributed by atoms with Gasteiger partial charge in [0.1, 0.15) is 6.26 Å². The Bertz CT molecular complexity index is 76.9. The van der Waals surface area contributed by atoms with Crippen LogP contribution in [-0.4, -0.2) is 11.4 Å². The summed E-state index contributed by atoms with van der Waals surface area (Å²) in [5.74, 6) is -1.16. The van der Waals surface area contributed by atoms with Crippen molar-refractivity contribution < 1.29 is 14.3 Å². The smallest absolute Gasteiger partial charge is 0.196 e. The number of hydrogen-bond donors (Lipinski definition) is 1. The van der Waals surface area contributed by atoms with E-state index in [1.54, 1.807) is 0 Å². The van der Waals surface area contributed by atoms with Crippen LogP contribution in [0, 0.1) is 0 Å². The first-order chi connectivity index (χ1) is 2.81. The molecule has 0 amide bonds. The molecule has 0 spiro atoms. The molecule has 0 aromatic rings. The molecular weight excluding hydrogens is 87.0 g/mol. The van der Waals surface area contributed by atoms with Crippen LogP contribution in [-0.2, 0) is 4.79 Å². The summed E-state index contributed by atoms with van der Waals surface area (Å²) in [6.45, 7) is 0. The van der Waals surface area contributed by atoms with Gasteiger partial charge in [-0.2, -0.15) is 4.39 Å². The van der Waals surface area contributed by atoms with E-state index in [0.29, 0.717) is 0 Å². The average Bonchev–Trinajstić information content (AvgIpc) is 1.65. The highest BCUT2D eigenvalue weighted by atomic mass is 19.1. The van der Waals surface area contributed by atoms with Gasteiger partial charge >= 0.3 is 0 Å². The number of aliphatic hydroxyl groups excluding tert-OH is 1. The highest BCUT2D eigenvalue weighted by Gasteiger charge is 1.81. The van der Waals surface area contributed by atoms with Crippen LogP contribution in [0.4, 0.5) is 4.39 Å². The summed E-state index contributed by atoms with van der Waals surface area (Å²) in [4.78, 5) is 9.13. The molecular formula is C3H3FO2. The van der Waals surface area contributed by atoms with Gasteiger partial charge in [-0.15, -0.1) is 0 Å². The van der Waals surface area contributed by atoms with E-state index in [-0.39, 0.29) is 12.5 Å². The summed E-state index contributed by atoms with van der Waals surface area (Å²) in [6, 6.07) is 0. The van der Waals surface area contributed by atoms with Crippen LogP contribution in [0.25, 0.3) is 0 Å². The van der Waals surface area contributed by atoms with Crippen LogP contribution in [0.3, 0.4) is 0 Å². The summed E-state index contributed by atoms with van der Waals surface area (Å²) >= 11 is 0. The zero-order valence-electron chi connectivity index (χ0n) is 2.89. The lowest BCUT2D eigenvalue weighted by molar-refractivity contribution is -0.106. The van der Waals surface area contributed by atoms with Gasteiger partial charge < -0.3 is 5.11 Å². The van der Waals surface area contributed by atoms with E-state index >= 15 is 0 Å². The lowest BCUT2D eigenvalue weighted by atomic mass is 10.7. The van der Waals surface area contributed by atoms with E-state index in [9.17, 15) is 4.39 Å². The first-order valence-corrected chi connectivity index (χ1v) is 1.26. The van der Waals surface area contributed by atoms with Crippen molar-refractivity contribution in [1.29, 1.82) is 0 Å². The van der Waals surface area contributed by atoms with Gasteiger partial charge in [0.05, 0.1) is 0 Å². The van der Waals surface area contributed by atoms with E-state index < -0.39 is 5.83 Å². The number of carbonyl (C=O) groups is 1. The maximum absolute atomic E-state index is 11.1. The zero-order chi connectivity index (χ0) is 4.99. The average molecular weight is 90.1 g/mol. The van der Waals surface area contributed by atoms with Crippen LogP contribution in [0.2, 0.25) is 0 Å². The number of allylic oxidation sites excluding steroid dienone is 1. The Morgan fingerprint density at radius 2 is 2.33 bits per heavy atom. The van der Waals surface area contributed by atoms with E-state index in [0.717, 1.165) is 0 Å². The molecule has 0 heterocycles. The predicted octanol–water partition coefficient (Wildman–Crippen LogP) is 0.554. The lowest BCUT2D eigenvalue weighted by Gasteiger charge is -1.68. The Labute approximate surface area is 33.9 Å². The Morgan fingerprint density at radius 3 is 2.33 bits per heavy atom. The third kappa shape index (κ3) is 1.46. The summed E-state index contributed by atoms with van der Waals surface area (Å²) in [5, 5.41) is 7.57. The Morgan fingerprint density at radius 1 is 1.83 bits per heavy atom. The van der Waals surface area contributed by atoms with Gasteiger partial charge in [0.2, 0.25) is 0 Å². The monoisotopic (exact) mass is 90.0 g/mol. The van der Waals surface area contributed by atoms with Gasteiger partial charge in [0.25, 0.3) is 0 Å². The minimum atomic E-state index is -1.16. The molecule has 0 bridgehead atoms. The molecule has 0 saturated heterocycles. The van der Waals surface area contributed by atoms with Crippen molar-refractivity contribution in [1.82, 2.24) is 0 Å². The van der Waals surface area contributed by atoms with Crippen molar-refractivity contribution in [2.45, 2.75) is 0 Å². The Hall–Kier alpha value is -0.860. The van der Waals surface area contributed by atoms with E-state index in [1.807, 2.05) is 0 Å². The number of aliphatic hydroxyl groups is 1. The molecule has 0 unspecified atom stereocenters. The van der Waals surface area contributed by atoms with Crippen LogP contribution in [0.1, 0.15) is 0 Å². The second kappa shape index (κ2) is 2.38. The van der Waals surface area contributed by atoms with Crippen LogP contribution in [0.5, 0.6) is 0 Å². The Kier molecular flexibility index (Phi) is 2.04. The number of halogens is 1. The standard InChI is InChI=1S/C3H3FO2/c4-3(1-5)2-6/h1-2,5H. The molecule has 0 radical (unpaired) electrons. The summed E-state index contributed by atoms with van der Waals surface area (Å²) in [6.07, 6.45) is 0.0208. The van der Waals surface area contributed by atoms with Crippen molar-refractivity contribution in [2.75, 3.05) is 0 Å². The molecule has 0 aliphatic heterocycles. The molecule has 0 aliphatic carbocycles. The third-order valence-corrected chi connectivity index (χ3v) is 0.236. The number of aldehydes is 1. The number of hydrogen-bond acceptors (Lipinski definition) is 2. The summed E-state index contributed by atoms with van der Waals surface area (Å²) < 4.78 is 11.1. The van der Waals surface area contributed by atoms with Crippen LogP contribution < -0.4 is 0 Å². The van der Waals surface area contributed by atoms with Gasteiger partial charge in [0, 0.05) is 0 Å². The van der Waals surface area contributed by atoms with Crippen molar-refractivity contribution >= 4 is 6.29 Å². The SMILES string of the molecule is O=CC(F)=CO. The molecule has 6 heavy (non-hydrogen) atoms. The van der Waals surface area contributed by atoms with Gasteiger partial charge in [0.15, 0.2) is 12.1 Å². The normalized spacial score (nSPS) is 11.2. The fourth-order valence-corrected chi connectivity index (χ4v) is 0.0304. The number of rotatable bonds is 1. The minimum absolute atomic E-state index is 0.0833. The quantitative estimate of drug-likeness (QED) is 0.290. The zero-order valence-corrected chi connectivity index (χ0v) is 2.89. The fourth-order valence-electron chi connectivity index (χ4n) is 0.0304. The van der Waals surface area contributed by atoms with E-state index in [4.69, 9.17) is 9.90 Å². The van der Waals surface area contributed by atoms with Gasteiger partial charge in [-0.05, 0) is 0 Å². The molecule has 0 atom stereocenters. The molecule has 2 nitrogen and oxygen atoms in total. The molecule has 0 aromatic carbocycles. The van der Waals surface area contributed by atoms with Crippen LogP contribution in [0.15, 0.2) is 12.1 Å². The Balaban J connectivity index is 3.50. The van der Waals surface area contributed by atoms with Gasteiger partial charge in [-0.1, -0.05) is 0 Å².